The molecule has 0 aromatic heterocycles. The number of rotatable bonds is 6. The Morgan fingerprint density at radius 1 is 1.08 bits per heavy atom. The standard InChI is InChI=1S/C15H14N2O6S/c16-12-5-6-13(11-4-2-1-3-10(11)12)24(22,23)17-8-9(15(20)21)7-14(18)19/h1-7,17H,8,16H2,(H,18,19)(H,20,21). The zero-order chi connectivity index (χ0) is 17.9. The Balaban J connectivity index is 2.40. The number of anilines is 1. The summed E-state index contributed by atoms with van der Waals surface area (Å²) >= 11 is 0. The Kier molecular flexibility index (Phi) is 4.86. The molecular formula is C15H14N2O6S. The van der Waals surface area contributed by atoms with E-state index in [9.17, 15) is 18.0 Å². The molecule has 24 heavy (non-hydrogen) atoms. The molecule has 0 spiro atoms. The van der Waals surface area contributed by atoms with E-state index in [4.69, 9.17) is 15.9 Å². The number of hydrogen-bond donors (Lipinski definition) is 4. The average Bonchev–Trinajstić information content (AvgIpc) is 2.51. The fourth-order valence-electron chi connectivity index (χ4n) is 2.12. The highest BCUT2D eigenvalue weighted by Crippen LogP contribution is 2.27. The monoisotopic (exact) mass is 350 g/mol. The van der Waals surface area contributed by atoms with Crippen molar-refractivity contribution in [2.75, 3.05) is 12.3 Å². The SMILES string of the molecule is Nc1ccc(S(=O)(=O)NCC(=CC(=O)O)C(=O)O)c2ccccc12. The minimum atomic E-state index is -4.07. The van der Waals surface area contributed by atoms with E-state index < -0.39 is 34.1 Å². The minimum Gasteiger partial charge on any atom is -0.478 e. The van der Waals surface area contributed by atoms with E-state index >= 15 is 0 Å². The fraction of sp³-hybridized carbons (Fsp3) is 0.0667. The second-order valence-electron chi connectivity index (χ2n) is 4.84. The summed E-state index contributed by atoms with van der Waals surface area (Å²) < 4.78 is 27.0. The van der Waals surface area contributed by atoms with Crippen LogP contribution in [-0.4, -0.2) is 37.1 Å². The van der Waals surface area contributed by atoms with E-state index in [0.29, 0.717) is 22.5 Å². The molecule has 5 N–H and O–H groups in total. The van der Waals surface area contributed by atoms with Crippen molar-refractivity contribution in [2.24, 2.45) is 0 Å². The van der Waals surface area contributed by atoms with Gasteiger partial charge in [0.2, 0.25) is 10.0 Å². The van der Waals surface area contributed by atoms with E-state index in [0.717, 1.165) is 0 Å². The smallest absolute Gasteiger partial charge is 0.333 e. The van der Waals surface area contributed by atoms with Crippen molar-refractivity contribution in [3.05, 3.63) is 48.0 Å². The number of hydrogen-bond acceptors (Lipinski definition) is 5. The maximum absolute atomic E-state index is 12.5. The van der Waals surface area contributed by atoms with Gasteiger partial charge < -0.3 is 15.9 Å². The Hall–Kier alpha value is -2.91. The fourth-order valence-corrected chi connectivity index (χ4v) is 3.33. The van der Waals surface area contributed by atoms with E-state index in [1.807, 2.05) is 0 Å². The zero-order valence-electron chi connectivity index (χ0n) is 12.3. The molecule has 0 saturated heterocycles. The van der Waals surface area contributed by atoms with Crippen molar-refractivity contribution in [2.45, 2.75) is 4.90 Å². The Labute approximate surface area is 137 Å². The predicted octanol–water partition coefficient (Wildman–Crippen LogP) is 0.796. The number of nitrogens with one attached hydrogen (secondary N) is 1. The van der Waals surface area contributed by atoms with Gasteiger partial charge in [0.1, 0.15) is 0 Å². The second-order valence-corrected chi connectivity index (χ2v) is 6.57. The van der Waals surface area contributed by atoms with Crippen molar-refractivity contribution < 1.29 is 28.2 Å². The van der Waals surface area contributed by atoms with E-state index in [2.05, 4.69) is 4.72 Å². The molecule has 0 bridgehead atoms. The number of carboxylic acids is 2. The largest absolute Gasteiger partial charge is 0.478 e. The van der Waals surface area contributed by atoms with E-state index in [1.165, 1.54) is 12.1 Å². The summed E-state index contributed by atoms with van der Waals surface area (Å²) in [5.74, 6) is -3.01. The molecule has 0 radical (unpaired) electrons. The zero-order valence-corrected chi connectivity index (χ0v) is 13.1. The summed E-state index contributed by atoms with van der Waals surface area (Å²) in [5, 5.41) is 18.5. The van der Waals surface area contributed by atoms with Gasteiger partial charge in [-0.1, -0.05) is 24.3 Å². The first-order chi connectivity index (χ1) is 11.2. The third-order valence-electron chi connectivity index (χ3n) is 3.23. The number of fused-ring (bicyclic) bond motifs is 1. The van der Waals surface area contributed by atoms with Gasteiger partial charge in [-0.25, -0.2) is 22.7 Å². The van der Waals surface area contributed by atoms with Crippen LogP contribution in [0.3, 0.4) is 0 Å². The summed E-state index contributed by atoms with van der Waals surface area (Å²) in [7, 11) is -4.07. The van der Waals surface area contributed by atoms with Gasteiger partial charge in [0.05, 0.1) is 10.5 Å². The first-order valence-corrected chi connectivity index (χ1v) is 8.14. The number of nitrogens with two attached hydrogens (primary N) is 1. The minimum absolute atomic E-state index is 0.0765. The van der Waals surface area contributed by atoms with Crippen molar-refractivity contribution >= 4 is 38.4 Å². The van der Waals surface area contributed by atoms with E-state index in [1.54, 1.807) is 24.3 Å². The number of benzene rings is 2. The van der Waals surface area contributed by atoms with Gasteiger partial charge >= 0.3 is 11.9 Å². The number of nitrogen functional groups attached to an aromatic ring is 1. The lowest BCUT2D eigenvalue weighted by Gasteiger charge is -2.11. The third kappa shape index (κ3) is 3.70. The molecule has 0 amide bonds. The van der Waals surface area contributed by atoms with Crippen LogP contribution in [0, 0.1) is 0 Å². The molecule has 0 aliphatic carbocycles. The number of carboxylic acid groups (broad SMARTS) is 2. The van der Waals surface area contributed by atoms with Gasteiger partial charge in [0, 0.05) is 29.1 Å². The topological polar surface area (TPSA) is 147 Å². The molecule has 0 saturated carbocycles. The number of aliphatic carboxylic acids is 2. The molecule has 9 heteroatoms. The quantitative estimate of drug-likeness (QED) is 0.445. The van der Waals surface area contributed by atoms with Gasteiger partial charge in [0.25, 0.3) is 0 Å². The van der Waals surface area contributed by atoms with E-state index in [-0.39, 0.29) is 4.90 Å². The van der Waals surface area contributed by atoms with Crippen LogP contribution in [0.1, 0.15) is 0 Å². The molecular weight excluding hydrogens is 336 g/mol. The molecule has 0 fully saturated rings. The summed E-state index contributed by atoms with van der Waals surface area (Å²) in [4.78, 5) is 21.5. The highest BCUT2D eigenvalue weighted by atomic mass is 32.2. The lowest BCUT2D eigenvalue weighted by atomic mass is 10.1. The maximum Gasteiger partial charge on any atom is 0.333 e. The van der Waals surface area contributed by atoms with Crippen LogP contribution in [0.15, 0.2) is 52.9 Å². The lowest BCUT2D eigenvalue weighted by Crippen LogP contribution is -2.28. The molecule has 126 valence electrons. The predicted molar refractivity (Wildman–Crippen MR) is 86.9 cm³/mol. The van der Waals surface area contributed by atoms with Crippen LogP contribution in [0.25, 0.3) is 10.8 Å². The summed E-state index contributed by atoms with van der Waals surface area (Å²) in [6.45, 7) is -0.664. The Bertz CT molecular complexity index is 950. The number of carbonyl (C=O) groups is 2. The van der Waals surface area contributed by atoms with Crippen LogP contribution in [0.2, 0.25) is 0 Å². The molecule has 2 aromatic rings. The van der Waals surface area contributed by atoms with Gasteiger partial charge in [-0.05, 0) is 12.1 Å². The van der Waals surface area contributed by atoms with Crippen molar-refractivity contribution in [1.82, 2.24) is 4.72 Å². The summed E-state index contributed by atoms with van der Waals surface area (Å²) in [6, 6.07) is 9.33. The molecule has 8 nitrogen and oxygen atoms in total. The molecule has 0 aliphatic heterocycles. The van der Waals surface area contributed by atoms with Crippen LogP contribution < -0.4 is 10.5 Å². The summed E-state index contributed by atoms with van der Waals surface area (Å²) in [6.07, 6.45) is 0.436. The van der Waals surface area contributed by atoms with Crippen molar-refractivity contribution in [3.8, 4) is 0 Å². The molecule has 0 heterocycles. The molecule has 2 rings (SSSR count). The Morgan fingerprint density at radius 3 is 2.29 bits per heavy atom. The van der Waals surface area contributed by atoms with Crippen molar-refractivity contribution in [3.63, 3.8) is 0 Å². The third-order valence-corrected chi connectivity index (χ3v) is 4.69. The first kappa shape index (κ1) is 17.4. The lowest BCUT2D eigenvalue weighted by molar-refractivity contribution is -0.135. The molecule has 0 atom stereocenters. The average molecular weight is 350 g/mol. The van der Waals surface area contributed by atoms with Crippen LogP contribution in [0.5, 0.6) is 0 Å². The van der Waals surface area contributed by atoms with Crippen LogP contribution in [-0.2, 0) is 19.6 Å². The normalized spacial score (nSPS) is 12.2. The molecule has 0 aliphatic rings. The molecule has 2 aromatic carbocycles. The van der Waals surface area contributed by atoms with Gasteiger partial charge in [-0.2, -0.15) is 0 Å². The van der Waals surface area contributed by atoms with Gasteiger partial charge in [0.15, 0.2) is 0 Å². The van der Waals surface area contributed by atoms with Crippen LogP contribution >= 0.6 is 0 Å². The van der Waals surface area contributed by atoms with Crippen LogP contribution in [0.4, 0.5) is 5.69 Å². The second kappa shape index (κ2) is 6.69. The first-order valence-electron chi connectivity index (χ1n) is 6.66. The van der Waals surface area contributed by atoms with Gasteiger partial charge in [-0.15, -0.1) is 0 Å². The molecule has 0 unspecified atom stereocenters. The van der Waals surface area contributed by atoms with Gasteiger partial charge in [-0.3, -0.25) is 0 Å². The van der Waals surface area contributed by atoms with Crippen molar-refractivity contribution in [1.29, 1.82) is 0 Å². The maximum atomic E-state index is 12.5. The highest BCUT2D eigenvalue weighted by Gasteiger charge is 2.20. The Morgan fingerprint density at radius 2 is 1.71 bits per heavy atom. The highest BCUT2D eigenvalue weighted by molar-refractivity contribution is 7.89. The number of sulfonamides is 1. The summed E-state index contributed by atoms with van der Waals surface area (Å²) in [5.41, 5.74) is 5.63.